The summed E-state index contributed by atoms with van der Waals surface area (Å²) < 4.78 is 23.4. The van der Waals surface area contributed by atoms with Crippen molar-refractivity contribution in [1.82, 2.24) is 4.31 Å². The quantitative estimate of drug-likeness (QED) is 0.638. The molecule has 13 heavy (non-hydrogen) atoms. The predicted molar refractivity (Wildman–Crippen MR) is 51.1 cm³/mol. The molecule has 6 heteroatoms. The Kier molecular flexibility index (Phi) is 3.66. The number of piperidine rings is 1. The minimum atomic E-state index is -3.48. The van der Waals surface area contributed by atoms with Crippen LogP contribution in [0.1, 0.15) is 19.3 Å². The number of rotatable bonds is 3. The van der Waals surface area contributed by atoms with Crippen molar-refractivity contribution in [1.29, 1.82) is 0 Å². The summed E-state index contributed by atoms with van der Waals surface area (Å²) in [7, 11) is -3.48. The smallest absolute Gasteiger partial charge is 0.276 e. The van der Waals surface area contributed by atoms with Crippen LogP contribution in [0.3, 0.4) is 0 Å². The van der Waals surface area contributed by atoms with Gasteiger partial charge in [0.15, 0.2) is 0 Å². The van der Waals surface area contributed by atoms with Crippen LogP contribution in [0.25, 0.3) is 0 Å². The molecule has 4 N–H and O–H groups in total. The second-order valence-electron chi connectivity index (χ2n) is 3.49. The van der Waals surface area contributed by atoms with E-state index < -0.39 is 10.2 Å². The fourth-order valence-corrected chi connectivity index (χ4v) is 2.53. The lowest BCUT2D eigenvalue weighted by Crippen LogP contribution is -2.43. The van der Waals surface area contributed by atoms with E-state index in [2.05, 4.69) is 0 Å². The molecule has 1 unspecified atom stereocenters. The fourth-order valence-electron chi connectivity index (χ4n) is 1.73. The Bertz CT molecular complexity index is 250. The van der Waals surface area contributed by atoms with Gasteiger partial charge in [-0.15, -0.1) is 0 Å². The summed E-state index contributed by atoms with van der Waals surface area (Å²) in [6, 6.07) is 0. The number of hydrogen-bond donors (Lipinski definition) is 2. The molecule has 0 saturated carbocycles. The summed E-state index contributed by atoms with van der Waals surface area (Å²) in [4.78, 5) is 0. The van der Waals surface area contributed by atoms with Crippen LogP contribution in [0, 0.1) is 5.92 Å². The molecular formula is C7H17N3O2S. The van der Waals surface area contributed by atoms with E-state index in [1.54, 1.807) is 0 Å². The Balaban J connectivity index is 2.52. The van der Waals surface area contributed by atoms with Gasteiger partial charge in [-0.2, -0.15) is 12.7 Å². The molecule has 0 bridgehead atoms. The highest BCUT2D eigenvalue weighted by Crippen LogP contribution is 2.19. The maximum absolute atomic E-state index is 11.0. The normalized spacial score (nSPS) is 26.2. The van der Waals surface area contributed by atoms with E-state index in [-0.39, 0.29) is 0 Å². The van der Waals surface area contributed by atoms with Gasteiger partial charge < -0.3 is 5.73 Å². The Morgan fingerprint density at radius 3 is 2.69 bits per heavy atom. The molecular weight excluding hydrogens is 190 g/mol. The zero-order chi connectivity index (χ0) is 9.90. The van der Waals surface area contributed by atoms with Crippen molar-refractivity contribution >= 4 is 10.2 Å². The molecule has 0 aromatic carbocycles. The van der Waals surface area contributed by atoms with Crippen molar-refractivity contribution in [3.8, 4) is 0 Å². The number of nitrogens with zero attached hydrogens (tertiary/aromatic N) is 1. The number of nitrogens with two attached hydrogens (primary N) is 2. The average molecular weight is 207 g/mol. The van der Waals surface area contributed by atoms with Crippen LogP contribution < -0.4 is 10.9 Å². The molecule has 0 spiro atoms. The van der Waals surface area contributed by atoms with E-state index in [4.69, 9.17) is 10.9 Å². The summed E-state index contributed by atoms with van der Waals surface area (Å²) in [5.74, 6) is 0.386. The van der Waals surface area contributed by atoms with Crippen molar-refractivity contribution in [2.75, 3.05) is 19.6 Å². The molecule has 5 nitrogen and oxygen atoms in total. The van der Waals surface area contributed by atoms with Gasteiger partial charge >= 0.3 is 0 Å². The minimum absolute atomic E-state index is 0.386. The van der Waals surface area contributed by atoms with Crippen molar-refractivity contribution in [2.24, 2.45) is 16.8 Å². The molecule has 0 radical (unpaired) electrons. The van der Waals surface area contributed by atoms with Gasteiger partial charge in [-0.25, -0.2) is 5.14 Å². The Labute approximate surface area is 79.3 Å². The highest BCUT2D eigenvalue weighted by atomic mass is 32.2. The maximum Gasteiger partial charge on any atom is 0.276 e. The zero-order valence-electron chi connectivity index (χ0n) is 7.65. The van der Waals surface area contributed by atoms with E-state index in [9.17, 15) is 8.42 Å². The molecule has 1 aliphatic heterocycles. The van der Waals surface area contributed by atoms with Gasteiger partial charge in [0.05, 0.1) is 0 Å². The minimum Gasteiger partial charge on any atom is -0.330 e. The van der Waals surface area contributed by atoms with Crippen LogP contribution in [0.2, 0.25) is 0 Å². The lowest BCUT2D eigenvalue weighted by atomic mass is 9.96. The van der Waals surface area contributed by atoms with Crippen molar-refractivity contribution in [3.63, 3.8) is 0 Å². The molecule has 78 valence electrons. The molecule has 1 heterocycles. The summed E-state index contributed by atoms with van der Waals surface area (Å²) in [6.07, 6.45) is 2.83. The van der Waals surface area contributed by atoms with Gasteiger partial charge in [0.2, 0.25) is 0 Å². The van der Waals surface area contributed by atoms with E-state index in [0.717, 1.165) is 19.3 Å². The van der Waals surface area contributed by atoms with Crippen molar-refractivity contribution < 1.29 is 8.42 Å². The Hall–Kier alpha value is -0.170. The molecule has 1 aliphatic rings. The molecule has 0 aromatic rings. The molecule has 1 rings (SSSR count). The Morgan fingerprint density at radius 2 is 2.15 bits per heavy atom. The lowest BCUT2D eigenvalue weighted by Gasteiger charge is -2.30. The van der Waals surface area contributed by atoms with Crippen LogP contribution in [-0.2, 0) is 10.2 Å². The van der Waals surface area contributed by atoms with E-state index >= 15 is 0 Å². The van der Waals surface area contributed by atoms with Gasteiger partial charge in [-0.1, -0.05) is 0 Å². The Morgan fingerprint density at radius 1 is 1.46 bits per heavy atom. The highest BCUT2D eigenvalue weighted by molar-refractivity contribution is 7.86. The first-order chi connectivity index (χ1) is 6.04. The second kappa shape index (κ2) is 4.36. The summed E-state index contributed by atoms with van der Waals surface area (Å²) in [6.45, 7) is 1.71. The van der Waals surface area contributed by atoms with Crippen LogP contribution >= 0.6 is 0 Å². The third kappa shape index (κ3) is 3.22. The standard InChI is InChI=1S/C7H17N3O2S/c8-4-3-7-2-1-5-10(6-7)13(9,11)12/h7H,1-6,8H2,(H2,9,11,12). The topological polar surface area (TPSA) is 89.4 Å². The first-order valence-corrected chi connectivity index (χ1v) is 6.02. The lowest BCUT2D eigenvalue weighted by molar-refractivity contribution is 0.258. The monoisotopic (exact) mass is 207 g/mol. The fraction of sp³-hybridized carbons (Fsp3) is 1.00. The third-order valence-electron chi connectivity index (χ3n) is 2.42. The first-order valence-electron chi connectivity index (χ1n) is 4.52. The van der Waals surface area contributed by atoms with E-state index in [1.807, 2.05) is 0 Å². The van der Waals surface area contributed by atoms with Crippen LogP contribution in [0.15, 0.2) is 0 Å². The van der Waals surface area contributed by atoms with Crippen molar-refractivity contribution in [2.45, 2.75) is 19.3 Å². The molecule has 0 amide bonds. The van der Waals surface area contributed by atoms with Crippen LogP contribution in [-0.4, -0.2) is 32.4 Å². The molecule has 1 saturated heterocycles. The van der Waals surface area contributed by atoms with Gasteiger partial charge in [0.1, 0.15) is 0 Å². The van der Waals surface area contributed by atoms with Gasteiger partial charge in [0.25, 0.3) is 10.2 Å². The maximum atomic E-state index is 11.0. The first kappa shape index (κ1) is 10.9. The van der Waals surface area contributed by atoms with Crippen LogP contribution in [0.4, 0.5) is 0 Å². The largest absolute Gasteiger partial charge is 0.330 e. The molecule has 0 aromatic heterocycles. The summed E-state index contributed by atoms with van der Waals surface area (Å²) in [5, 5.41) is 5.04. The molecule has 1 atom stereocenters. The SMILES string of the molecule is NCCC1CCCN(S(N)(=O)=O)C1. The van der Waals surface area contributed by atoms with Crippen LogP contribution in [0.5, 0.6) is 0 Å². The van der Waals surface area contributed by atoms with Gasteiger partial charge in [-0.05, 0) is 31.7 Å². The third-order valence-corrected chi connectivity index (χ3v) is 3.47. The van der Waals surface area contributed by atoms with E-state index in [1.165, 1.54) is 4.31 Å². The summed E-state index contributed by atoms with van der Waals surface area (Å²) in [5.41, 5.74) is 5.41. The molecule has 1 fully saturated rings. The summed E-state index contributed by atoms with van der Waals surface area (Å²) >= 11 is 0. The highest BCUT2D eigenvalue weighted by Gasteiger charge is 2.25. The second-order valence-corrected chi connectivity index (χ2v) is 5.03. The number of hydrogen-bond acceptors (Lipinski definition) is 3. The predicted octanol–water partition coefficient (Wildman–Crippen LogP) is -0.749. The van der Waals surface area contributed by atoms with Gasteiger partial charge in [0, 0.05) is 13.1 Å². The zero-order valence-corrected chi connectivity index (χ0v) is 8.46. The van der Waals surface area contributed by atoms with Crippen molar-refractivity contribution in [3.05, 3.63) is 0 Å². The molecule has 0 aliphatic carbocycles. The van der Waals surface area contributed by atoms with E-state index in [0.29, 0.717) is 25.6 Å². The van der Waals surface area contributed by atoms with Gasteiger partial charge in [-0.3, -0.25) is 0 Å². The average Bonchev–Trinajstić information content (AvgIpc) is 2.04.